The Labute approximate surface area is 186 Å². The Kier molecular flexibility index (Phi) is 7.62. The van der Waals surface area contributed by atoms with Gasteiger partial charge in [-0.05, 0) is 89.7 Å². The van der Waals surface area contributed by atoms with Gasteiger partial charge in [-0.1, -0.05) is 30.3 Å². The van der Waals surface area contributed by atoms with Crippen molar-refractivity contribution in [1.29, 1.82) is 0 Å². The number of amides is 2. The zero-order chi connectivity index (χ0) is 21.6. The highest BCUT2D eigenvalue weighted by atomic mass is 16.2. The van der Waals surface area contributed by atoms with Gasteiger partial charge in [0.15, 0.2) is 0 Å². The molecule has 0 spiro atoms. The zero-order valence-electron chi connectivity index (χ0n) is 18.8. The first-order valence-corrected chi connectivity index (χ1v) is 12.2. The van der Waals surface area contributed by atoms with Crippen molar-refractivity contribution in [2.75, 3.05) is 39.3 Å². The largest absolute Gasteiger partial charge is 0.368 e. The molecule has 1 atom stereocenters. The average Bonchev–Trinajstić information content (AvgIpc) is 3.30. The van der Waals surface area contributed by atoms with Crippen LogP contribution in [0.25, 0.3) is 0 Å². The van der Waals surface area contributed by atoms with Gasteiger partial charge in [-0.15, -0.1) is 0 Å². The molecule has 4 rings (SSSR count). The van der Waals surface area contributed by atoms with Gasteiger partial charge in [-0.25, -0.2) is 0 Å². The minimum atomic E-state index is -0.378. The molecular formula is C25H38N4O2. The molecule has 0 radical (unpaired) electrons. The van der Waals surface area contributed by atoms with Crippen LogP contribution in [0.3, 0.4) is 0 Å². The summed E-state index contributed by atoms with van der Waals surface area (Å²) >= 11 is 0. The number of rotatable bonds is 7. The molecule has 0 saturated carbocycles. The van der Waals surface area contributed by atoms with E-state index in [9.17, 15) is 9.59 Å². The van der Waals surface area contributed by atoms with Gasteiger partial charge in [0.2, 0.25) is 11.8 Å². The minimum Gasteiger partial charge on any atom is -0.368 e. The number of primary amides is 1. The standard InChI is InChI=1S/C25H38N4O2/c26-24(30)23-9-5-15-29(23)25(31)21-10-18-28(19-11-21)22-12-16-27(17-13-22)14-4-8-20-6-2-1-3-7-20/h1-3,6-7,21-23H,4-5,8-19H2,(H2,26,30)/t23-/m0/s1. The molecule has 170 valence electrons. The Hall–Kier alpha value is -1.92. The van der Waals surface area contributed by atoms with Crippen LogP contribution >= 0.6 is 0 Å². The van der Waals surface area contributed by atoms with E-state index in [0.717, 1.165) is 45.2 Å². The van der Waals surface area contributed by atoms with E-state index in [1.807, 2.05) is 0 Å². The lowest BCUT2D eigenvalue weighted by molar-refractivity contribution is -0.142. The fraction of sp³-hybridized carbons (Fsp3) is 0.680. The number of carbonyl (C=O) groups excluding carboxylic acids is 2. The van der Waals surface area contributed by atoms with Crippen LogP contribution in [0, 0.1) is 5.92 Å². The van der Waals surface area contributed by atoms with Crippen molar-refractivity contribution in [1.82, 2.24) is 14.7 Å². The molecule has 1 aromatic rings. The highest BCUT2D eigenvalue weighted by Gasteiger charge is 2.38. The molecule has 6 nitrogen and oxygen atoms in total. The molecule has 0 unspecified atom stereocenters. The molecule has 31 heavy (non-hydrogen) atoms. The van der Waals surface area contributed by atoms with Gasteiger partial charge in [0.1, 0.15) is 6.04 Å². The summed E-state index contributed by atoms with van der Waals surface area (Å²) in [5, 5.41) is 0. The van der Waals surface area contributed by atoms with Gasteiger partial charge in [0.25, 0.3) is 0 Å². The van der Waals surface area contributed by atoms with Crippen LogP contribution < -0.4 is 5.73 Å². The van der Waals surface area contributed by atoms with E-state index in [4.69, 9.17) is 5.73 Å². The molecule has 0 aromatic heterocycles. The van der Waals surface area contributed by atoms with Gasteiger partial charge in [0.05, 0.1) is 0 Å². The molecule has 3 fully saturated rings. The third-order valence-electron chi connectivity index (χ3n) is 7.60. The van der Waals surface area contributed by atoms with Gasteiger partial charge in [-0.3, -0.25) is 9.59 Å². The maximum Gasteiger partial charge on any atom is 0.240 e. The predicted molar refractivity (Wildman–Crippen MR) is 122 cm³/mol. The van der Waals surface area contributed by atoms with Crippen molar-refractivity contribution in [3.8, 4) is 0 Å². The third-order valence-corrected chi connectivity index (χ3v) is 7.60. The van der Waals surface area contributed by atoms with E-state index < -0.39 is 0 Å². The molecule has 0 aliphatic carbocycles. The number of nitrogens with two attached hydrogens (primary N) is 1. The Morgan fingerprint density at radius 3 is 2.29 bits per heavy atom. The van der Waals surface area contributed by atoms with E-state index in [1.54, 1.807) is 4.90 Å². The lowest BCUT2D eigenvalue weighted by Crippen LogP contribution is -2.51. The fourth-order valence-corrected chi connectivity index (χ4v) is 5.73. The number of piperidine rings is 2. The molecule has 2 amide bonds. The van der Waals surface area contributed by atoms with E-state index in [2.05, 4.69) is 40.1 Å². The summed E-state index contributed by atoms with van der Waals surface area (Å²) in [6.07, 6.45) is 8.31. The smallest absolute Gasteiger partial charge is 0.240 e. The SMILES string of the molecule is NC(=O)[C@@H]1CCCN1C(=O)C1CCN(C2CCN(CCCc3ccccc3)CC2)CC1. The number of hydrogen-bond acceptors (Lipinski definition) is 4. The summed E-state index contributed by atoms with van der Waals surface area (Å²) in [6.45, 7) is 6.26. The topological polar surface area (TPSA) is 69.9 Å². The molecule has 3 aliphatic rings. The lowest BCUT2D eigenvalue weighted by atomic mass is 9.92. The van der Waals surface area contributed by atoms with E-state index in [0.29, 0.717) is 12.6 Å². The molecule has 3 heterocycles. The Morgan fingerprint density at radius 1 is 0.903 bits per heavy atom. The summed E-state index contributed by atoms with van der Waals surface area (Å²) in [4.78, 5) is 31.6. The molecule has 3 saturated heterocycles. The molecule has 3 aliphatic heterocycles. The maximum absolute atomic E-state index is 12.9. The number of aryl methyl sites for hydroxylation is 1. The van der Waals surface area contributed by atoms with Crippen LogP contribution in [-0.2, 0) is 16.0 Å². The normalized spacial score (nSPS) is 24.5. The van der Waals surface area contributed by atoms with Crippen LogP contribution in [0.1, 0.15) is 50.5 Å². The van der Waals surface area contributed by atoms with Crippen LogP contribution in [0.5, 0.6) is 0 Å². The second kappa shape index (κ2) is 10.6. The first kappa shape index (κ1) is 22.3. The van der Waals surface area contributed by atoms with E-state index in [1.165, 1.54) is 44.5 Å². The summed E-state index contributed by atoms with van der Waals surface area (Å²) in [5.41, 5.74) is 6.94. The predicted octanol–water partition coefficient (Wildman–Crippen LogP) is 2.27. The van der Waals surface area contributed by atoms with Crippen LogP contribution in [0.2, 0.25) is 0 Å². The molecular weight excluding hydrogens is 388 g/mol. The van der Waals surface area contributed by atoms with Crippen molar-refractivity contribution in [2.24, 2.45) is 11.7 Å². The number of nitrogens with zero attached hydrogens (tertiary/aromatic N) is 3. The Bertz CT molecular complexity index is 724. The van der Waals surface area contributed by atoms with Gasteiger partial charge in [-0.2, -0.15) is 0 Å². The number of hydrogen-bond donors (Lipinski definition) is 1. The minimum absolute atomic E-state index is 0.0641. The first-order chi connectivity index (χ1) is 15.1. The number of likely N-dealkylation sites (tertiary alicyclic amines) is 3. The Balaban J connectivity index is 1.16. The third kappa shape index (κ3) is 5.66. The summed E-state index contributed by atoms with van der Waals surface area (Å²) in [5.74, 6) is -0.123. The maximum atomic E-state index is 12.9. The summed E-state index contributed by atoms with van der Waals surface area (Å²) in [6, 6.07) is 11.1. The number of benzene rings is 1. The average molecular weight is 427 g/mol. The monoisotopic (exact) mass is 426 g/mol. The van der Waals surface area contributed by atoms with Crippen molar-refractivity contribution >= 4 is 11.8 Å². The summed E-state index contributed by atoms with van der Waals surface area (Å²) < 4.78 is 0. The van der Waals surface area contributed by atoms with Crippen LogP contribution in [-0.4, -0.2) is 77.9 Å². The highest BCUT2D eigenvalue weighted by molar-refractivity contribution is 5.88. The lowest BCUT2D eigenvalue weighted by Gasteiger charge is -2.42. The van der Waals surface area contributed by atoms with Gasteiger partial charge in [0, 0.05) is 18.5 Å². The van der Waals surface area contributed by atoms with E-state index >= 15 is 0 Å². The van der Waals surface area contributed by atoms with Crippen molar-refractivity contribution in [3.05, 3.63) is 35.9 Å². The second-order valence-electron chi connectivity index (χ2n) is 9.56. The van der Waals surface area contributed by atoms with Crippen LogP contribution in [0.15, 0.2) is 30.3 Å². The number of carbonyl (C=O) groups is 2. The molecule has 0 bridgehead atoms. The van der Waals surface area contributed by atoms with Crippen molar-refractivity contribution in [3.63, 3.8) is 0 Å². The van der Waals surface area contributed by atoms with Crippen LogP contribution in [0.4, 0.5) is 0 Å². The molecule has 2 N–H and O–H groups in total. The first-order valence-electron chi connectivity index (χ1n) is 12.2. The van der Waals surface area contributed by atoms with Crippen molar-refractivity contribution in [2.45, 2.75) is 63.5 Å². The van der Waals surface area contributed by atoms with Crippen molar-refractivity contribution < 1.29 is 9.59 Å². The quantitative estimate of drug-likeness (QED) is 0.726. The van der Waals surface area contributed by atoms with Gasteiger partial charge < -0.3 is 20.4 Å². The second-order valence-corrected chi connectivity index (χ2v) is 9.56. The fourth-order valence-electron chi connectivity index (χ4n) is 5.73. The van der Waals surface area contributed by atoms with E-state index in [-0.39, 0.29) is 23.8 Å². The molecule has 1 aromatic carbocycles. The zero-order valence-corrected chi connectivity index (χ0v) is 18.8. The highest BCUT2D eigenvalue weighted by Crippen LogP contribution is 2.28. The summed E-state index contributed by atoms with van der Waals surface area (Å²) in [7, 11) is 0. The van der Waals surface area contributed by atoms with Gasteiger partial charge >= 0.3 is 0 Å². The molecule has 6 heteroatoms. The Morgan fingerprint density at radius 2 is 1.61 bits per heavy atom.